The van der Waals surface area contributed by atoms with E-state index < -0.39 is 6.10 Å². The van der Waals surface area contributed by atoms with Gasteiger partial charge in [0.25, 0.3) is 11.8 Å². The average molecular weight is 479 g/mol. The van der Waals surface area contributed by atoms with Gasteiger partial charge in [-0.3, -0.25) is 14.4 Å². The van der Waals surface area contributed by atoms with E-state index in [0.29, 0.717) is 49.0 Å². The molecule has 3 aliphatic rings. The number of rotatable bonds is 9. The highest BCUT2D eigenvalue weighted by atomic mass is 16.5. The van der Waals surface area contributed by atoms with Gasteiger partial charge in [0, 0.05) is 50.9 Å². The van der Waals surface area contributed by atoms with Gasteiger partial charge in [-0.25, -0.2) is 4.98 Å². The quantitative estimate of drug-likeness (QED) is 0.550. The van der Waals surface area contributed by atoms with Crippen LogP contribution in [0.3, 0.4) is 0 Å². The fourth-order valence-electron chi connectivity index (χ4n) is 4.39. The smallest absolute Gasteiger partial charge is 0.268 e. The normalized spacial score (nSPS) is 19.2. The van der Waals surface area contributed by atoms with Gasteiger partial charge in [-0.05, 0) is 36.1 Å². The Morgan fingerprint density at radius 3 is 2.69 bits per heavy atom. The first-order valence-electron chi connectivity index (χ1n) is 12.1. The topological polar surface area (TPSA) is 92.3 Å². The average Bonchev–Trinajstić information content (AvgIpc) is 3.54. The van der Waals surface area contributed by atoms with E-state index in [4.69, 9.17) is 9.47 Å². The lowest BCUT2D eigenvalue weighted by atomic mass is 10.1. The number of fused-ring (bicyclic) bond motifs is 1. The van der Waals surface area contributed by atoms with Gasteiger partial charge in [-0.1, -0.05) is 18.9 Å². The molecule has 1 aromatic heterocycles. The Hall–Kier alpha value is -3.62. The first-order chi connectivity index (χ1) is 16.9. The van der Waals surface area contributed by atoms with Crippen LogP contribution < -0.4 is 14.4 Å². The zero-order valence-electron chi connectivity index (χ0n) is 20.1. The van der Waals surface area contributed by atoms with E-state index in [-0.39, 0.29) is 24.3 Å². The van der Waals surface area contributed by atoms with E-state index in [1.54, 1.807) is 43.4 Å². The molecule has 1 saturated carbocycles. The summed E-state index contributed by atoms with van der Waals surface area (Å²) in [4.78, 5) is 46.9. The van der Waals surface area contributed by atoms with E-state index in [9.17, 15) is 14.4 Å². The minimum Gasteiger partial charge on any atom is -0.479 e. The molecule has 3 amide bonds. The van der Waals surface area contributed by atoms with Crippen molar-refractivity contribution in [2.75, 3.05) is 38.7 Å². The molecule has 0 bridgehead atoms. The molecular formula is C26H30N4O5. The van der Waals surface area contributed by atoms with Gasteiger partial charge in [0.05, 0.1) is 12.8 Å². The summed E-state index contributed by atoms with van der Waals surface area (Å²) in [7, 11) is 3.33. The minimum absolute atomic E-state index is 0.0345. The van der Waals surface area contributed by atoms with Crippen molar-refractivity contribution in [2.24, 2.45) is 5.92 Å². The number of carbonyl (C=O) groups excluding carboxylic acids is 3. The van der Waals surface area contributed by atoms with Crippen LogP contribution in [-0.4, -0.2) is 72.4 Å². The number of aromatic nitrogens is 1. The number of anilines is 1. The van der Waals surface area contributed by atoms with Gasteiger partial charge in [-0.15, -0.1) is 0 Å². The number of hydrogen-bond acceptors (Lipinski definition) is 6. The van der Waals surface area contributed by atoms with E-state index in [2.05, 4.69) is 4.98 Å². The maximum absolute atomic E-state index is 13.1. The van der Waals surface area contributed by atoms with Crippen LogP contribution in [0.2, 0.25) is 0 Å². The monoisotopic (exact) mass is 478 g/mol. The molecule has 5 rings (SSSR count). The lowest BCUT2D eigenvalue weighted by molar-refractivity contribution is -0.129. The molecule has 0 N–H and O–H groups in total. The molecular weight excluding hydrogens is 448 g/mol. The molecule has 1 saturated heterocycles. The second-order valence-corrected chi connectivity index (χ2v) is 9.59. The maximum Gasteiger partial charge on any atom is 0.268 e. The molecule has 9 nitrogen and oxygen atoms in total. The van der Waals surface area contributed by atoms with E-state index in [1.807, 2.05) is 12.1 Å². The number of likely N-dealkylation sites (N-methyl/N-ethyl adjacent to an activating group) is 1. The third-order valence-electron chi connectivity index (χ3n) is 6.73. The van der Waals surface area contributed by atoms with Gasteiger partial charge in [0.2, 0.25) is 11.8 Å². The molecule has 0 spiro atoms. The van der Waals surface area contributed by atoms with Crippen LogP contribution in [0.1, 0.15) is 41.6 Å². The van der Waals surface area contributed by atoms with Gasteiger partial charge >= 0.3 is 0 Å². The molecule has 184 valence electrons. The van der Waals surface area contributed by atoms with Crippen molar-refractivity contribution < 1.29 is 23.9 Å². The number of hydrogen-bond donors (Lipinski definition) is 0. The zero-order chi connectivity index (χ0) is 24.5. The second-order valence-electron chi connectivity index (χ2n) is 9.59. The van der Waals surface area contributed by atoms with Gasteiger partial charge in [0.15, 0.2) is 6.10 Å². The Morgan fingerprint density at radius 1 is 1.14 bits per heavy atom. The summed E-state index contributed by atoms with van der Waals surface area (Å²) in [6.07, 6.45) is 5.17. The third kappa shape index (κ3) is 5.08. The van der Waals surface area contributed by atoms with Crippen LogP contribution >= 0.6 is 0 Å². The Labute approximate surface area is 204 Å². The molecule has 2 fully saturated rings. The summed E-state index contributed by atoms with van der Waals surface area (Å²) in [5, 5.41) is 0. The SMILES string of the molecule is CN(C)C(=O)CN1Cc2ccc(N3CCC(Oc4ccc(OCCC5CC5)nc4)C3=O)cc2C1=O. The van der Waals surface area contributed by atoms with Crippen molar-refractivity contribution in [2.45, 2.75) is 38.3 Å². The van der Waals surface area contributed by atoms with Crippen LogP contribution in [0, 0.1) is 5.92 Å². The fourth-order valence-corrected chi connectivity index (χ4v) is 4.39. The standard InChI is InChI=1S/C26H30N4O5/c1-28(2)24(31)16-29-15-18-5-6-19(13-21(18)25(29)32)30-11-9-22(26(30)33)35-20-7-8-23(27-14-20)34-12-10-17-3-4-17/h5-8,13-14,17,22H,3-4,9-12,15-16H2,1-2H3. The molecule has 1 atom stereocenters. The lowest BCUT2D eigenvalue weighted by Gasteiger charge is -2.18. The Morgan fingerprint density at radius 2 is 1.97 bits per heavy atom. The number of benzene rings is 1. The minimum atomic E-state index is -0.614. The molecule has 3 heterocycles. The maximum atomic E-state index is 13.1. The van der Waals surface area contributed by atoms with Gasteiger partial charge in [0.1, 0.15) is 12.3 Å². The number of nitrogens with zero attached hydrogens (tertiary/aromatic N) is 4. The number of carbonyl (C=O) groups is 3. The van der Waals surface area contributed by atoms with Crippen LogP contribution in [0.25, 0.3) is 0 Å². The van der Waals surface area contributed by atoms with Crippen LogP contribution in [-0.2, 0) is 16.1 Å². The number of pyridine rings is 1. The fraction of sp³-hybridized carbons (Fsp3) is 0.462. The van der Waals surface area contributed by atoms with Crippen LogP contribution in [0.5, 0.6) is 11.6 Å². The summed E-state index contributed by atoms with van der Waals surface area (Å²) in [6.45, 7) is 1.59. The zero-order valence-corrected chi connectivity index (χ0v) is 20.1. The molecule has 1 unspecified atom stereocenters. The summed E-state index contributed by atoms with van der Waals surface area (Å²) < 4.78 is 11.6. The Bertz CT molecular complexity index is 1130. The summed E-state index contributed by atoms with van der Waals surface area (Å²) in [5.74, 6) is 1.41. The van der Waals surface area contributed by atoms with Crippen molar-refractivity contribution in [1.29, 1.82) is 0 Å². The van der Waals surface area contributed by atoms with Crippen molar-refractivity contribution in [1.82, 2.24) is 14.8 Å². The molecule has 35 heavy (non-hydrogen) atoms. The first kappa shape index (κ1) is 23.1. The lowest BCUT2D eigenvalue weighted by Crippen LogP contribution is -2.36. The highest BCUT2D eigenvalue weighted by Crippen LogP contribution is 2.33. The predicted molar refractivity (Wildman–Crippen MR) is 128 cm³/mol. The Kier molecular flexibility index (Phi) is 6.32. The molecule has 2 aliphatic heterocycles. The van der Waals surface area contributed by atoms with Crippen molar-refractivity contribution in [3.63, 3.8) is 0 Å². The van der Waals surface area contributed by atoms with E-state index in [0.717, 1.165) is 17.9 Å². The first-order valence-corrected chi connectivity index (χ1v) is 12.1. The third-order valence-corrected chi connectivity index (χ3v) is 6.73. The number of ether oxygens (including phenoxy) is 2. The summed E-state index contributed by atoms with van der Waals surface area (Å²) in [6, 6.07) is 8.98. The highest BCUT2D eigenvalue weighted by molar-refractivity contribution is 6.03. The summed E-state index contributed by atoms with van der Waals surface area (Å²) >= 11 is 0. The highest BCUT2D eigenvalue weighted by Gasteiger charge is 2.36. The van der Waals surface area contributed by atoms with Crippen LogP contribution in [0.15, 0.2) is 36.5 Å². The number of amides is 3. The largest absolute Gasteiger partial charge is 0.479 e. The van der Waals surface area contributed by atoms with Gasteiger partial charge < -0.3 is 24.2 Å². The Balaban J connectivity index is 1.19. The summed E-state index contributed by atoms with van der Waals surface area (Å²) in [5.41, 5.74) is 2.05. The van der Waals surface area contributed by atoms with E-state index in [1.165, 1.54) is 22.6 Å². The van der Waals surface area contributed by atoms with E-state index >= 15 is 0 Å². The van der Waals surface area contributed by atoms with Crippen LogP contribution in [0.4, 0.5) is 5.69 Å². The van der Waals surface area contributed by atoms with Crippen molar-refractivity contribution >= 4 is 23.4 Å². The van der Waals surface area contributed by atoms with Gasteiger partial charge in [-0.2, -0.15) is 0 Å². The predicted octanol–water partition coefficient (Wildman–Crippen LogP) is 2.49. The van der Waals surface area contributed by atoms with Crippen molar-refractivity contribution in [3.8, 4) is 11.6 Å². The molecule has 0 radical (unpaired) electrons. The molecule has 1 aromatic carbocycles. The van der Waals surface area contributed by atoms with Crippen molar-refractivity contribution in [3.05, 3.63) is 47.7 Å². The molecule has 1 aliphatic carbocycles. The molecule has 9 heteroatoms. The molecule has 2 aromatic rings. The second kappa shape index (κ2) is 9.56.